The second-order valence-corrected chi connectivity index (χ2v) is 21.2. The molecule has 2 aliphatic heterocycles. The van der Waals surface area contributed by atoms with Crippen molar-refractivity contribution >= 4 is 78.8 Å². The number of rotatable bonds is 7. The molecule has 2 nitrogen and oxygen atoms in total. The molecule has 0 unspecified atom stereocenters. The Hall–Kier alpha value is -9.18. The Balaban J connectivity index is 1.11. The Kier molecular flexibility index (Phi) is 10.6. The summed E-state index contributed by atoms with van der Waals surface area (Å²) in [7, 11) is 0. The Morgan fingerprint density at radius 3 is 1.20 bits per heavy atom. The predicted octanol–water partition coefficient (Wildman–Crippen LogP) is 17.7. The molecule has 354 valence electrons. The molecule has 75 heavy (non-hydrogen) atoms. The van der Waals surface area contributed by atoms with Crippen molar-refractivity contribution in [3.05, 3.63) is 272 Å². The van der Waals surface area contributed by atoms with Crippen molar-refractivity contribution in [1.82, 2.24) is 0 Å². The first-order valence-electron chi connectivity index (χ1n) is 26.3. The van der Waals surface area contributed by atoms with Gasteiger partial charge in [-0.2, -0.15) is 0 Å². The topological polar surface area (TPSA) is 6.48 Å². The van der Waals surface area contributed by atoms with Crippen molar-refractivity contribution in [2.75, 3.05) is 9.80 Å². The maximum absolute atomic E-state index is 2.63. The first kappa shape index (κ1) is 44.5. The quantitative estimate of drug-likeness (QED) is 0.116. The molecule has 0 fully saturated rings. The zero-order chi connectivity index (χ0) is 50.2. The molecule has 3 heteroatoms. The molecule has 12 aromatic rings. The van der Waals surface area contributed by atoms with E-state index in [0.29, 0.717) is 0 Å². The average Bonchev–Trinajstić information content (AvgIpc) is 3.47. The fraction of sp³-hybridized carbons (Fsp3) is 0.0556. The molecule has 2 aliphatic rings. The van der Waals surface area contributed by atoms with Crippen LogP contribution in [0.5, 0.6) is 0 Å². The summed E-state index contributed by atoms with van der Waals surface area (Å²) < 4.78 is 0. The Bertz CT molecular complexity index is 4100. The van der Waals surface area contributed by atoms with Crippen LogP contribution in [0, 0.1) is 0 Å². The fourth-order valence-corrected chi connectivity index (χ4v) is 12.3. The van der Waals surface area contributed by atoms with Crippen molar-refractivity contribution < 1.29 is 0 Å². The summed E-state index contributed by atoms with van der Waals surface area (Å²) >= 11 is 0. The van der Waals surface area contributed by atoms with Gasteiger partial charge in [-0.1, -0.05) is 251 Å². The zero-order valence-electron chi connectivity index (χ0n) is 42.4. The third-order valence-electron chi connectivity index (χ3n) is 15.8. The molecule has 0 radical (unpaired) electrons. The van der Waals surface area contributed by atoms with E-state index < -0.39 is 0 Å². The van der Waals surface area contributed by atoms with Crippen LogP contribution < -0.4 is 26.2 Å². The summed E-state index contributed by atoms with van der Waals surface area (Å²) in [5.74, 6) is 0. The van der Waals surface area contributed by atoms with Gasteiger partial charge < -0.3 is 9.80 Å². The number of hydrogen-bond acceptors (Lipinski definition) is 2. The van der Waals surface area contributed by atoms with Gasteiger partial charge in [0, 0.05) is 33.9 Å². The number of para-hydroxylation sites is 2. The van der Waals surface area contributed by atoms with Crippen LogP contribution in [0.25, 0.3) is 77.2 Å². The maximum Gasteiger partial charge on any atom is 0.252 e. The molecule has 14 rings (SSSR count). The van der Waals surface area contributed by atoms with E-state index in [-0.39, 0.29) is 12.1 Å². The molecule has 0 saturated heterocycles. The lowest BCUT2D eigenvalue weighted by molar-refractivity contribution is 0.590. The zero-order valence-corrected chi connectivity index (χ0v) is 42.4. The minimum absolute atomic E-state index is 0.0963. The molecule has 0 aliphatic carbocycles. The lowest BCUT2D eigenvalue weighted by Gasteiger charge is -2.46. The van der Waals surface area contributed by atoms with E-state index >= 15 is 0 Å². The molecule has 0 aromatic heterocycles. The van der Waals surface area contributed by atoms with Gasteiger partial charge in [0.15, 0.2) is 0 Å². The van der Waals surface area contributed by atoms with Gasteiger partial charge in [0.1, 0.15) is 0 Å². The minimum Gasteiger partial charge on any atom is -0.311 e. The third-order valence-corrected chi connectivity index (χ3v) is 15.8. The van der Waals surface area contributed by atoms with Gasteiger partial charge in [0.05, 0.1) is 11.4 Å². The summed E-state index contributed by atoms with van der Waals surface area (Å²) in [6.07, 6.45) is 0. The van der Waals surface area contributed by atoms with E-state index in [4.69, 9.17) is 0 Å². The van der Waals surface area contributed by atoms with Gasteiger partial charge in [-0.15, -0.1) is 0 Å². The van der Waals surface area contributed by atoms with E-state index in [1.54, 1.807) is 0 Å². The Morgan fingerprint density at radius 2 is 0.693 bits per heavy atom. The molecule has 0 saturated carbocycles. The standard InChI is InChI=1S/C72H53BN2/c1-72(2,3)54-46-67-71-68(47-54)75(64-39-23-21-33-56(64)50-28-12-6-13-29-50)66-45-53(70-59-36-18-16-34-57(59)69(51-30-14-7-15-31-51)58-35-17-19-37-60(58)70)40-42-61(66)73(71)62-44-52(48-24-8-4-9-25-48)41-43-65(62)74(67)63-38-22-20-32-55(63)49-26-10-5-11-27-49/h4-47H,1-3H3. The number of nitrogens with zero attached hydrogens (tertiary/aromatic N) is 2. The van der Waals surface area contributed by atoms with E-state index in [1.807, 2.05) is 0 Å². The highest BCUT2D eigenvalue weighted by Gasteiger charge is 2.45. The Morgan fingerprint density at radius 1 is 0.280 bits per heavy atom. The second kappa shape index (κ2) is 17.8. The molecule has 12 aromatic carbocycles. The van der Waals surface area contributed by atoms with Gasteiger partial charge in [-0.3, -0.25) is 0 Å². The molecular weight excluding hydrogens is 904 g/mol. The SMILES string of the molecule is CC(C)(C)c1cc2c3c(c1)N(c1ccccc1-c1ccccc1)c1cc(-c4c5ccccc5c(-c5ccccc5)c5ccccc45)ccc1B3c1cc(-c3ccccc3)ccc1N2c1ccccc1-c1ccccc1. The fourth-order valence-electron chi connectivity index (χ4n) is 12.3. The predicted molar refractivity (Wildman–Crippen MR) is 321 cm³/mol. The van der Waals surface area contributed by atoms with Crippen LogP contribution in [0.15, 0.2) is 267 Å². The number of anilines is 6. The first-order valence-corrected chi connectivity index (χ1v) is 26.3. The summed E-state index contributed by atoms with van der Waals surface area (Å²) in [6, 6.07) is 99.4. The highest BCUT2D eigenvalue weighted by atomic mass is 15.2. The van der Waals surface area contributed by atoms with Crippen LogP contribution in [-0.4, -0.2) is 6.71 Å². The van der Waals surface area contributed by atoms with Gasteiger partial charge >= 0.3 is 0 Å². The molecule has 0 bridgehead atoms. The lowest BCUT2D eigenvalue weighted by Crippen LogP contribution is -2.61. The first-order chi connectivity index (χ1) is 36.9. The van der Waals surface area contributed by atoms with Crippen LogP contribution >= 0.6 is 0 Å². The molecule has 2 heterocycles. The monoisotopic (exact) mass is 956 g/mol. The second-order valence-electron chi connectivity index (χ2n) is 21.2. The van der Waals surface area contributed by atoms with E-state index in [1.165, 1.54) is 122 Å². The highest BCUT2D eigenvalue weighted by molar-refractivity contribution is 7.00. The summed E-state index contributed by atoms with van der Waals surface area (Å²) in [6.45, 7) is 6.98. The third kappa shape index (κ3) is 7.33. The van der Waals surface area contributed by atoms with Crippen LogP contribution in [0.1, 0.15) is 26.3 Å². The molecule has 0 spiro atoms. The van der Waals surface area contributed by atoms with Gasteiger partial charge in [-0.25, -0.2) is 0 Å². The van der Waals surface area contributed by atoms with E-state index in [2.05, 4.69) is 297 Å². The molecule has 0 amide bonds. The van der Waals surface area contributed by atoms with Crippen LogP contribution in [-0.2, 0) is 5.41 Å². The number of fused-ring (bicyclic) bond motifs is 6. The van der Waals surface area contributed by atoms with Crippen molar-refractivity contribution in [2.45, 2.75) is 26.2 Å². The van der Waals surface area contributed by atoms with Crippen LogP contribution in [0.3, 0.4) is 0 Å². The van der Waals surface area contributed by atoms with Crippen LogP contribution in [0.2, 0.25) is 0 Å². The van der Waals surface area contributed by atoms with Crippen LogP contribution in [0.4, 0.5) is 34.1 Å². The van der Waals surface area contributed by atoms with E-state index in [0.717, 1.165) is 11.4 Å². The number of hydrogen-bond donors (Lipinski definition) is 0. The number of benzene rings is 12. The van der Waals surface area contributed by atoms with Gasteiger partial charge in [0.2, 0.25) is 0 Å². The highest BCUT2D eigenvalue weighted by Crippen LogP contribution is 2.51. The smallest absolute Gasteiger partial charge is 0.252 e. The van der Waals surface area contributed by atoms with Crippen molar-refractivity contribution in [1.29, 1.82) is 0 Å². The molecule has 0 atom stereocenters. The van der Waals surface area contributed by atoms with Gasteiger partial charge in [-0.05, 0) is 130 Å². The van der Waals surface area contributed by atoms with E-state index in [9.17, 15) is 0 Å². The van der Waals surface area contributed by atoms with Crippen molar-refractivity contribution in [2.24, 2.45) is 0 Å². The lowest BCUT2D eigenvalue weighted by atomic mass is 9.33. The van der Waals surface area contributed by atoms with Crippen molar-refractivity contribution in [3.8, 4) is 55.6 Å². The summed E-state index contributed by atoms with van der Waals surface area (Å²) in [4.78, 5) is 5.21. The maximum atomic E-state index is 2.63. The van der Waals surface area contributed by atoms with Gasteiger partial charge in [0.25, 0.3) is 6.71 Å². The Labute approximate surface area is 440 Å². The molecule has 0 N–H and O–H groups in total. The minimum atomic E-state index is -0.186. The summed E-state index contributed by atoms with van der Waals surface area (Å²) in [5, 5.41) is 4.97. The molecular formula is C72H53BN2. The van der Waals surface area contributed by atoms with Crippen molar-refractivity contribution in [3.63, 3.8) is 0 Å². The normalized spacial score (nSPS) is 12.7. The largest absolute Gasteiger partial charge is 0.311 e. The summed E-state index contributed by atoms with van der Waals surface area (Å²) in [5.41, 5.74) is 24.1. The average molecular weight is 957 g/mol.